The van der Waals surface area contributed by atoms with Gasteiger partial charge in [-0.1, -0.05) is 18.2 Å². The van der Waals surface area contributed by atoms with Crippen molar-refractivity contribution in [2.24, 2.45) is 0 Å². The number of anilines is 1. The van der Waals surface area contributed by atoms with Crippen LogP contribution in [0.15, 0.2) is 24.3 Å². The Balaban J connectivity index is 2.36. The topological polar surface area (TPSA) is 55.8 Å². The van der Waals surface area contributed by atoms with Crippen LogP contribution < -0.4 is 4.90 Å². The molecule has 0 fully saturated rings. The number of hydrogen-bond acceptors (Lipinski definition) is 4. The summed E-state index contributed by atoms with van der Waals surface area (Å²) in [4.78, 5) is 26.2. The zero-order valence-corrected chi connectivity index (χ0v) is 12.7. The Hall–Kier alpha value is -1.88. The minimum Gasteiger partial charge on any atom is -0.469 e. The monoisotopic (exact) mass is 291 g/mol. The van der Waals surface area contributed by atoms with Gasteiger partial charge in [0.15, 0.2) is 0 Å². The summed E-state index contributed by atoms with van der Waals surface area (Å²) in [6, 6.07) is 7.48. The first-order valence-electron chi connectivity index (χ1n) is 7.08. The smallest absolute Gasteiger partial charge is 0.313 e. The highest BCUT2D eigenvalue weighted by atomic mass is 16.5. The van der Waals surface area contributed by atoms with Gasteiger partial charge in [0.2, 0.25) is 5.91 Å². The molecule has 1 aromatic carbocycles. The van der Waals surface area contributed by atoms with Crippen LogP contribution in [-0.4, -0.2) is 38.7 Å². The highest BCUT2D eigenvalue weighted by Gasteiger charge is 2.36. The zero-order valence-electron chi connectivity index (χ0n) is 12.7. The summed E-state index contributed by atoms with van der Waals surface area (Å²) in [5, 5.41) is 0. The molecule has 0 saturated carbocycles. The van der Waals surface area contributed by atoms with Crippen molar-refractivity contribution < 1.29 is 19.1 Å². The molecule has 0 N–H and O–H groups in total. The molecule has 1 aromatic rings. The van der Waals surface area contributed by atoms with Crippen molar-refractivity contribution in [2.75, 3.05) is 25.7 Å². The molecule has 5 heteroatoms. The van der Waals surface area contributed by atoms with Crippen LogP contribution in [0, 0.1) is 0 Å². The lowest BCUT2D eigenvalue weighted by Crippen LogP contribution is -2.44. The van der Waals surface area contributed by atoms with Crippen LogP contribution in [0.2, 0.25) is 0 Å². The van der Waals surface area contributed by atoms with E-state index < -0.39 is 0 Å². The zero-order chi connectivity index (χ0) is 15.4. The Bertz CT molecular complexity index is 529. The molecule has 0 aliphatic carbocycles. The van der Waals surface area contributed by atoms with Gasteiger partial charge in [0.1, 0.15) is 0 Å². The second kappa shape index (κ2) is 6.72. The number of carbonyl (C=O) groups excluding carboxylic acids is 2. The lowest BCUT2D eigenvalue weighted by molar-refractivity contribution is -0.143. The molecule has 0 radical (unpaired) electrons. The molecule has 2 rings (SSSR count). The van der Waals surface area contributed by atoms with E-state index in [9.17, 15) is 9.59 Å². The summed E-state index contributed by atoms with van der Waals surface area (Å²) >= 11 is 0. The molecular formula is C16H21NO4. The van der Waals surface area contributed by atoms with Crippen molar-refractivity contribution in [2.45, 2.75) is 31.7 Å². The van der Waals surface area contributed by atoms with Gasteiger partial charge in [0, 0.05) is 18.8 Å². The number of fused-ring (bicyclic) bond motifs is 1. The van der Waals surface area contributed by atoms with Gasteiger partial charge in [0.25, 0.3) is 0 Å². The SMILES string of the molecule is COCCC(=O)N1c2ccccc2C(C(=O)OC)CC1C. The van der Waals surface area contributed by atoms with Crippen molar-refractivity contribution in [3.63, 3.8) is 0 Å². The molecule has 21 heavy (non-hydrogen) atoms. The van der Waals surface area contributed by atoms with E-state index in [1.54, 1.807) is 12.0 Å². The van der Waals surface area contributed by atoms with E-state index in [1.165, 1.54) is 7.11 Å². The molecule has 1 aliphatic rings. The minimum absolute atomic E-state index is 0.0140. The molecule has 0 bridgehead atoms. The van der Waals surface area contributed by atoms with Crippen LogP contribution >= 0.6 is 0 Å². The van der Waals surface area contributed by atoms with E-state index in [-0.39, 0.29) is 23.8 Å². The standard InChI is InChI=1S/C16H21NO4/c1-11-10-13(16(19)21-3)12-6-4-5-7-14(12)17(11)15(18)8-9-20-2/h4-7,11,13H,8-10H2,1-3H3. The highest BCUT2D eigenvalue weighted by molar-refractivity contribution is 5.97. The number of carbonyl (C=O) groups is 2. The average molecular weight is 291 g/mol. The summed E-state index contributed by atoms with van der Waals surface area (Å²) in [6.07, 6.45) is 0.903. The van der Waals surface area contributed by atoms with Gasteiger partial charge in [0.05, 0.1) is 26.1 Å². The van der Waals surface area contributed by atoms with E-state index in [1.807, 2.05) is 31.2 Å². The van der Waals surface area contributed by atoms with Gasteiger partial charge in [-0.2, -0.15) is 0 Å². The second-order valence-electron chi connectivity index (χ2n) is 5.23. The summed E-state index contributed by atoms with van der Waals surface area (Å²) < 4.78 is 9.87. The molecule has 0 aromatic heterocycles. The largest absolute Gasteiger partial charge is 0.469 e. The van der Waals surface area contributed by atoms with Crippen molar-refractivity contribution in [1.82, 2.24) is 0 Å². The summed E-state index contributed by atoms with van der Waals surface area (Å²) in [6.45, 7) is 2.35. The maximum Gasteiger partial charge on any atom is 0.313 e. The molecule has 0 spiro atoms. The van der Waals surface area contributed by atoms with Crippen LogP contribution in [0.25, 0.3) is 0 Å². The fourth-order valence-corrected chi connectivity index (χ4v) is 2.87. The van der Waals surface area contributed by atoms with E-state index in [0.29, 0.717) is 19.4 Å². The van der Waals surface area contributed by atoms with Crippen LogP contribution in [0.1, 0.15) is 31.2 Å². The lowest BCUT2D eigenvalue weighted by Gasteiger charge is -2.38. The maximum atomic E-state index is 12.4. The number of rotatable bonds is 4. The molecule has 5 nitrogen and oxygen atoms in total. The average Bonchev–Trinajstić information content (AvgIpc) is 2.51. The first-order chi connectivity index (χ1) is 10.1. The molecule has 0 saturated heterocycles. The van der Waals surface area contributed by atoms with Crippen LogP contribution in [0.4, 0.5) is 5.69 Å². The van der Waals surface area contributed by atoms with Crippen molar-refractivity contribution in [3.05, 3.63) is 29.8 Å². The Labute approximate surface area is 124 Å². The van der Waals surface area contributed by atoms with Crippen LogP contribution in [0.3, 0.4) is 0 Å². The van der Waals surface area contributed by atoms with E-state index in [2.05, 4.69) is 0 Å². The van der Waals surface area contributed by atoms with Crippen molar-refractivity contribution in [3.8, 4) is 0 Å². The summed E-state index contributed by atoms with van der Waals surface area (Å²) in [7, 11) is 2.97. The van der Waals surface area contributed by atoms with Gasteiger partial charge in [-0.25, -0.2) is 0 Å². The molecule has 114 valence electrons. The molecular weight excluding hydrogens is 270 g/mol. The fourth-order valence-electron chi connectivity index (χ4n) is 2.87. The summed E-state index contributed by atoms with van der Waals surface area (Å²) in [5.74, 6) is -0.550. The number of nitrogens with zero attached hydrogens (tertiary/aromatic N) is 1. The molecule has 1 heterocycles. The number of hydrogen-bond donors (Lipinski definition) is 0. The predicted molar refractivity (Wildman–Crippen MR) is 79.3 cm³/mol. The third kappa shape index (κ3) is 3.08. The fraction of sp³-hybridized carbons (Fsp3) is 0.500. The Kier molecular flexibility index (Phi) is 4.96. The lowest BCUT2D eigenvalue weighted by atomic mass is 9.86. The van der Waals surface area contributed by atoms with E-state index in [4.69, 9.17) is 9.47 Å². The first-order valence-corrected chi connectivity index (χ1v) is 7.08. The predicted octanol–water partition coefficient (Wildman–Crippen LogP) is 2.10. The number of ether oxygens (including phenoxy) is 2. The van der Waals surface area contributed by atoms with E-state index in [0.717, 1.165) is 11.3 Å². The normalized spacial score (nSPS) is 20.8. The number of amides is 1. The number of para-hydroxylation sites is 1. The van der Waals surface area contributed by atoms with E-state index >= 15 is 0 Å². The highest BCUT2D eigenvalue weighted by Crippen LogP contribution is 2.39. The Morgan fingerprint density at radius 1 is 1.29 bits per heavy atom. The molecule has 2 atom stereocenters. The second-order valence-corrected chi connectivity index (χ2v) is 5.23. The van der Waals surface area contributed by atoms with Gasteiger partial charge >= 0.3 is 5.97 Å². The first kappa shape index (κ1) is 15.5. The molecule has 1 amide bonds. The Morgan fingerprint density at radius 3 is 2.67 bits per heavy atom. The third-order valence-electron chi connectivity index (χ3n) is 3.86. The quantitative estimate of drug-likeness (QED) is 0.797. The summed E-state index contributed by atoms with van der Waals surface area (Å²) in [5.41, 5.74) is 1.65. The maximum absolute atomic E-state index is 12.4. The Morgan fingerprint density at radius 2 is 2.00 bits per heavy atom. The number of esters is 1. The van der Waals surface area contributed by atoms with Gasteiger partial charge in [-0.05, 0) is 25.0 Å². The van der Waals surface area contributed by atoms with Crippen LogP contribution in [-0.2, 0) is 19.1 Å². The van der Waals surface area contributed by atoms with Crippen molar-refractivity contribution in [1.29, 1.82) is 0 Å². The number of benzene rings is 1. The molecule has 2 unspecified atom stereocenters. The van der Waals surface area contributed by atoms with Gasteiger partial charge in [-0.3, -0.25) is 9.59 Å². The van der Waals surface area contributed by atoms with Gasteiger partial charge in [-0.15, -0.1) is 0 Å². The third-order valence-corrected chi connectivity index (χ3v) is 3.86. The minimum atomic E-state index is -0.312. The number of methoxy groups -OCH3 is 2. The van der Waals surface area contributed by atoms with Gasteiger partial charge < -0.3 is 14.4 Å². The van der Waals surface area contributed by atoms with Crippen molar-refractivity contribution >= 4 is 17.6 Å². The van der Waals surface area contributed by atoms with Crippen LogP contribution in [0.5, 0.6) is 0 Å². The molecule has 1 aliphatic heterocycles.